The molecule has 0 radical (unpaired) electrons. The van der Waals surface area contributed by atoms with E-state index >= 15 is 0 Å². The predicted octanol–water partition coefficient (Wildman–Crippen LogP) is 5.21. The first-order valence-electron chi connectivity index (χ1n) is 7.55. The summed E-state index contributed by atoms with van der Waals surface area (Å²) in [7, 11) is 0. The van der Waals surface area contributed by atoms with Crippen molar-refractivity contribution in [3.05, 3.63) is 29.8 Å². The molecule has 120 valence electrons. The highest BCUT2D eigenvalue weighted by molar-refractivity contribution is 5.30. The van der Waals surface area contributed by atoms with Gasteiger partial charge in [0.15, 0.2) is 0 Å². The first kappa shape index (κ1) is 17.8. The lowest BCUT2D eigenvalue weighted by atomic mass is 10.00. The molecule has 1 rings (SSSR count). The lowest BCUT2D eigenvalue weighted by Gasteiger charge is -2.20. The van der Waals surface area contributed by atoms with E-state index in [1.54, 1.807) is 6.07 Å². The number of hydrogen-bond donors (Lipinski definition) is 1. The van der Waals surface area contributed by atoms with E-state index in [9.17, 15) is 13.2 Å². The Labute approximate surface area is 124 Å². The van der Waals surface area contributed by atoms with Crippen LogP contribution < -0.4 is 10.1 Å². The number of alkyl halides is 3. The summed E-state index contributed by atoms with van der Waals surface area (Å²) in [6.45, 7) is 5.05. The molecule has 0 aliphatic rings. The molecule has 0 bridgehead atoms. The van der Waals surface area contributed by atoms with Crippen molar-refractivity contribution in [2.75, 3.05) is 6.54 Å². The topological polar surface area (TPSA) is 21.3 Å². The van der Waals surface area contributed by atoms with E-state index in [1.807, 2.05) is 6.07 Å². The summed E-state index contributed by atoms with van der Waals surface area (Å²) in [4.78, 5) is 0. The van der Waals surface area contributed by atoms with Crippen LogP contribution in [0.25, 0.3) is 0 Å². The molecule has 5 heteroatoms. The van der Waals surface area contributed by atoms with Gasteiger partial charge in [-0.2, -0.15) is 0 Å². The summed E-state index contributed by atoms with van der Waals surface area (Å²) < 4.78 is 40.9. The summed E-state index contributed by atoms with van der Waals surface area (Å²) in [6.07, 6.45) is 0.572. The summed E-state index contributed by atoms with van der Waals surface area (Å²) in [5.41, 5.74) is 0.848. The van der Waals surface area contributed by atoms with Crippen molar-refractivity contribution in [1.29, 1.82) is 0 Å². The van der Waals surface area contributed by atoms with Crippen LogP contribution in [0.3, 0.4) is 0 Å². The highest BCUT2D eigenvalue weighted by Gasteiger charge is 2.31. The fourth-order valence-corrected chi connectivity index (χ4v) is 2.23. The number of rotatable bonds is 9. The first-order valence-corrected chi connectivity index (χ1v) is 7.55. The molecule has 0 aliphatic carbocycles. The minimum Gasteiger partial charge on any atom is -0.406 e. The van der Waals surface area contributed by atoms with Crippen LogP contribution in [0.1, 0.15) is 57.6 Å². The lowest BCUT2D eigenvalue weighted by Crippen LogP contribution is -2.22. The van der Waals surface area contributed by atoms with E-state index in [0.29, 0.717) is 0 Å². The monoisotopic (exact) mass is 303 g/mol. The minimum atomic E-state index is -4.65. The Hall–Kier alpha value is -1.23. The second-order valence-electron chi connectivity index (χ2n) is 5.12. The van der Waals surface area contributed by atoms with Gasteiger partial charge in [0.1, 0.15) is 5.75 Å². The van der Waals surface area contributed by atoms with Crippen LogP contribution in [-0.2, 0) is 0 Å². The van der Waals surface area contributed by atoms with Crippen molar-refractivity contribution in [1.82, 2.24) is 5.32 Å². The molecule has 0 aliphatic heterocycles. The maximum absolute atomic E-state index is 12.3. The van der Waals surface area contributed by atoms with Crippen molar-refractivity contribution >= 4 is 0 Å². The Morgan fingerprint density at radius 2 is 1.90 bits per heavy atom. The molecule has 0 amide bonds. The average Bonchev–Trinajstić information content (AvgIpc) is 2.41. The van der Waals surface area contributed by atoms with Gasteiger partial charge in [0, 0.05) is 6.04 Å². The van der Waals surface area contributed by atoms with Crippen molar-refractivity contribution in [3.63, 3.8) is 0 Å². The molecule has 1 aromatic rings. The molecule has 2 nitrogen and oxygen atoms in total. The van der Waals surface area contributed by atoms with Gasteiger partial charge in [-0.3, -0.25) is 0 Å². The predicted molar refractivity (Wildman–Crippen MR) is 78.3 cm³/mol. The Morgan fingerprint density at radius 1 is 1.14 bits per heavy atom. The molecule has 0 saturated heterocycles. The molecule has 1 aromatic carbocycles. The quantitative estimate of drug-likeness (QED) is 0.633. The molecule has 1 atom stereocenters. The Balaban J connectivity index is 2.77. The zero-order valence-electron chi connectivity index (χ0n) is 12.7. The Bertz CT molecular complexity index is 407. The summed E-state index contributed by atoms with van der Waals surface area (Å²) in [6, 6.07) is 6.35. The number of benzene rings is 1. The number of hydrogen-bond acceptors (Lipinski definition) is 2. The smallest absolute Gasteiger partial charge is 0.406 e. The Morgan fingerprint density at radius 3 is 2.52 bits per heavy atom. The molecule has 0 aromatic heterocycles. The summed E-state index contributed by atoms with van der Waals surface area (Å²) in [5, 5.41) is 3.40. The second-order valence-corrected chi connectivity index (χ2v) is 5.12. The van der Waals surface area contributed by atoms with Crippen LogP contribution in [0, 0.1) is 0 Å². The van der Waals surface area contributed by atoms with Crippen molar-refractivity contribution < 1.29 is 17.9 Å². The third-order valence-corrected chi connectivity index (χ3v) is 3.23. The van der Waals surface area contributed by atoms with E-state index in [1.165, 1.54) is 12.1 Å². The summed E-state index contributed by atoms with van der Waals surface area (Å²) >= 11 is 0. The first-order chi connectivity index (χ1) is 9.96. The van der Waals surface area contributed by atoms with Gasteiger partial charge >= 0.3 is 6.36 Å². The van der Waals surface area contributed by atoms with Crippen molar-refractivity contribution in [2.24, 2.45) is 0 Å². The van der Waals surface area contributed by atoms with E-state index in [4.69, 9.17) is 0 Å². The number of nitrogens with one attached hydrogen (secondary N) is 1. The molecule has 0 heterocycles. The van der Waals surface area contributed by atoms with E-state index in [2.05, 4.69) is 23.9 Å². The molecule has 21 heavy (non-hydrogen) atoms. The van der Waals surface area contributed by atoms with Gasteiger partial charge in [-0.15, -0.1) is 13.2 Å². The van der Waals surface area contributed by atoms with E-state index in [0.717, 1.165) is 44.2 Å². The van der Waals surface area contributed by atoms with E-state index in [-0.39, 0.29) is 11.8 Å². The highest BCUT2D eigenvalue weighted by atomic mass is 19.4. The van der Waals surface area contributed by atoms with Crippen LogP contribution >= 0.6 is 0 Å². The number of ether oxygens (including phenoxy) is 1. The van der Waals surface area contributed by atoms with E-state index < -0.39 is 6.36 Å². The normalized spacial score (nSPS) is 13.2. The van der Waals surface area contributed by atoms with Crippen molar-refractivity contribution in [2.45, 2.75) is 58.4 Å². The lowest BCUT2D eigenvalue weighted by molar-refractivity contribution is -0.274. The fourth-order valence-electron chi connectivity index (χ4n) is 2.23. The molecular formula is C16H24F3NO. The van der Waals surface area contributed by atoms with Crippen LogP contribution in [0.4, 0.5) is 13.2 Å². The summed E-state index contributed by atoms with van der Waals surface area (Å²) in [5.74, 6) is -0.154. The third-order valence-electron chi connectivity index (χ3n) is 3.23. The molecular weight excluding hydrogens is 279 g/mol. The second kappa shape index (κ2) is 8.93. The highest BCUT2D eigenvalue weighted by Crippen LogP contribution is 2.27. The zero-order valence-corrected chi connectivity index (χ0v) is 12.7. The minimum absolute atomic E-state index is 0.0771. The van der Waals surface area contributed by atoms with Gasteiger partial charge in [-0.05, 0) is 37.1 Å². The van der Waals surface area contributed by atoms with Gasteiger partial charge in [-0.25, -0.2) is 0 Å². The Kier molecular flexibility index (Phi) is 7.57. The van der Waals surface area contributed by atoms with Gasteiger partial charge in [0.2, 0.25) is 0 Å². The van der Waals surface area contributed by atoms with Crippen LogP contribution in [0.15, 0.2) is 24.3 Å². The fraction of sp³-hybridized carbons (Fsp3) is 0.625. The average molecular weight is 303 g/mol. The molecule has 1 unspecified atom stereocenters. The van der Waals surface area contributed by atoms with Gasteiger partial charge in [0.25, 0.3) is 0 Å². The largest absolute Gasteiger partial charge is 0.573 e. The van der Waals surface area contributed by atoms with Crippen LogP contribution in [0.5, 0.6) is 5.75 Å². The van der Waals surface area contributed by atoms with Crippen molar-refractivity contribution in [3.8, 4) is 5.75 Å². The standard InChI is InChI=1S/C16H24F3NO/c1-3-5-6-10-15(20-11-4-2)13-8-7-9-14(12-13)21-16(17,18)19/h7-9,12,15,20H,3-6,10-11H2,1-2H3. The maximum Gasteiger partial charge on any atom is 0.573 e. The number of unbranched alkanes of at least 4 members (excludes halogenated alkanes) is 2. The van der Waals surface area contributed by atoms with Gasteiger partial charge < -0.3 is 10.1 Å². The molecule has 0 fully saturated rings. The van der Waals surface area contributed by atoms with Crippen LogP contribution in [0.2, 0.25) is 0 Å². The number of halogens is 3. The third kappa shape index (κ3) is 7.37. The zero-order chi connectivity index (χ0) is 15.7. The van der Waals surface area contributed by atoms with Gasteiger partial charge in [-0.1, -0.05) is 45.2 Å². The molecule has 1 N–H and O–H groups in total. The maximum atomic E-state index is 12.3. The molecule has 0 spiro atoms. The van der Waals surface area contributed by atoms with Crippen LogP contribution in [-0.4, -0.2) is 12.9 Å². The SMILES string of the molecule is CCCCCC(NCCC)c1cccc(OC(F)(F)F)c1. The molecule has 0 saturated carbocycles. The van der Waals surface area contributed by atoms with Gasteiger partial charge in [0.05, 0.1) is 0 Å².